The molecule has 0 saturated carbocycles. The highest BCUT2D eigenvalue weighted by Crippen LogP contribution is 2.40. The van der Waals surface area contributed by atoms with Gasteiger partial charge in [-0.3, -0.25) is 24.0 Å². The highest BCUT2D eigenvalue weighted by molar-refractivity contribution is 5.95. The number of carbonyl (C=O) groups is 8. The van der Waals surface area contributed by atoms with Gasteiger partial charge in [-0.1, -0.05) is 121 Å². The van der Waals surface area contributed by atoms with Crippen molar-refractivity contribution in [2.75, 3.05) is 61.2 Å². The molecular formula is C87H89N15O12. The minimum atomic E-state index is -0.890. The van der Waals surface area contributed by atoms with E-state index in [2.05, 4.69) is 143 Å². The predicted octanol–water partition coefficient (Wildman–Crippen LogP) is 14.5. The van der Waals surface area contributed by atoms with Crippen LogP contribution < -0.4 is 16.0 Å². The average Bonchev–Trinajstić information content (AvgIpc) is 1.59. The maximum atomic E-state index is 14.0. The molecule has 27 nitrogen and oxygen atoms in total. The fourth-order valence-electron chi connectivity index (χ4n) is 16.2. The summed E-state index contributed by atoms with van der Waals surface area (Å²) in [5.41, 5.74) is 12.7. The van der Waals surface area contributed by atoms with Gasteiger partial charge in [-0.2, -0.15) is 0 Å². The SMILES string of the molecule is COC(=O)CCCC(=O)N1CCC[C@H]1c1nc2ccc(-c3ccc4cc(-c5cnc([C@@H]6CCCN6C(=O)CCNC(=O)OC)[nH]5)ccc4c3)cc2[nH]1.COC(=O)N[C@H](C(=O)N1CCC[C@H]1c1ncc(-c2ccc3cc(-c4ccc5nc([C@@H]6CCCN6C(=O)[C@@H](NC(=O)OC)c6ccccc6)[nH]c5c4)ccc3c2)[nH]1)c1ccccc1. The summed E-state index contributed by atoms with van der Waals surface area (Å²) >= 11 is 0. The molecule has 114 heavy (non-hydrogen) atoms. The average molecular weight is 1540 g/mol. The van der Waals surface area contributed by atoms with Crippen molar-refractivity contribution in [3.8, 4) is 44.8 Å². The van der Waals surface area contributed by atoms with Crippen LogP contribution in [0.5, 0.6) is 0 Å². The molecule has 4 fully saturated rings. The van der Waals surface area contributed by atoms with E-state index in [-0.39, 0.29) is 73.2 Å². The van der Waals surface area contributed by atoms with E-state index in [1.807, 2.05) is 95.0 Å². The zero-order chi connectivity index (χ0) is 78.9. The minimum absolute atomic E-state index is 0.0251. The number of nitrogens with one attached hydrogen (secondary N) is 7. The third kappa shape index (κ3) is 16.6. The van der Waals surface area contributed by atoms with Gasteiger partial charge in [-0.25, -0.2) is 34.3 Å². The van der Waals surface area contributed by atoms with Crippen molar-refractivity contribution in [1.82, 2.24) is 75.4 Å². The molecule has 27 heteroatoms. The number of methoxy groups -OCH3 is 4. The van der Waals surface area contributed by atoms with E-state index in [1.54, 1.807) is 9.80 Å². The number of alkyl carbamates (subject to hydrolysis) is 3. The second-order valence-corrected chi connectivity index (χ2v) is 29.1. The van der Waals surface area contributed by atoms with Gasteiger partial charge in [0.05, 0.1) is 98.5 Å². The van der Waals surface area contributed by atoms with Gasteiger partial charge in [0, 0.05) is 63.1 Å². The van der Waals surface area contributed by atoms with Crippen LogP contribution in [0.4, 0.5) is 14.4 Å². The van der Waals surface area contributed by atoms with Crippen molar-refractivity contribution >= 4 is 91.5 Å². The van der Waals surface area contributed by atoms with Crippen molar-refractivity contribution in [2.45, 2.75) is 113 Å². The Morgan fingerprint density at radius 2 is 0.781 bits per heavy atom. The lowest BCUT2D eigenvalue weighted by atomic mass is 9.99. The molecule has 4 aromatic heterocycles. The fourth-order valence-corrected chi connectivity index (χ4v) is 16.2. The molecule has 8 aromatic carbocycles. The number of hydrogen-bond acceptors (Lipinski definition) is 16. The van der Waals surface area contributed by atoms with E-state index in [4.69, 9.17) is 29.2 Å². The molecule has 0 aliphatic carbocycles. The summed E-state index contributed by atoms with van der Waals surface area (Å²) in [5.74, 6) is 2.24. The summed E-state index contributed by atoms with van der Waals surface area (Å²) in [6.07, 6.45) is 9.55. The van der Waals surface area contributed by atoms with Crippen LogP contribution in [0.3, 0.4) is 0 Å². The molecule has 8 heterocycles. The smallest absolute Gasteiger partial charge is 0.407 e. The first kappa shape index (κ1) is 76.2. The van der Waals surface area contributed by atoms with Crippen LogP contribution >= 0.6 is 0 Å². The summed E-state index contributed by atoms with van der Waals surface area (Å²) in [5, 5.41) is 12.3. The molecule has 16 rings (SSSR count). The van der Waals surface area contributed by atoms with Gasteiger partial charge in [-0.15, -0.1) is 0 Å². The number of H-pyrrole nitrogens is 4. The summed E-state index contributed by atoms with van der Waals surface area (Å²) in [6, 6.07) is 53.6. The van der Waals surface area contributed by atoms with Gasteiger partial charge < -0.3 is 74.4 Å². The van der Waals surface area contributed by atoms with Crippen molar-refractivity contribution in [3.05, 3.63) is 217 Å². The number of likely N-dealkylation sites (tertiary alicyclic amines) is 4. The molecule has 4 saturated heterocycles. The van der Waals surface area contributed by atoms with E-state index in [9.17, 15) is 38.4 Å². The van der Waals surface area contributed by atoms with Crippen LogP contribution in [0, 0.1) is 0 Å². The second kappa shape index (κ2) is 34.2. The van der Waals surface area contributed by atoms with E-state index in [0.717, 1.165) is 151 Å². The Bertz CT molecular complexity index is 5560. The molecular weight excluding hydrogens is 1450 g/mol. The largest absolute Gasteiger partial charge is 0.469 e. The first-order valence-electron chi connectivity index (χ1n) is 38.6. The van der Waals surface area contributed by atoms with Gasteiger partial charge >= 0.3 is 24.2 Å². The Morgan fingerprint density at radius 3 is 1.22 bits per heavy atom. The third-order valence-corrected chi connectivity index (χ3v) is 22.1. The highest BCUT2D eigenvalue weighted by Gasteiger charge is 2.40. The third-order valence-electron chi connectivity index (χ3n) is 22.1. The van der Waals surface area contributed by atoms with Gasteiger partial charge in [0.2, 0.25) is 11.8 Å². The van der Waals surface area contributed by atoms with Gasteiger partial charge in [-0.05, 0) is 161 Å². The summed E-state index contributed by atoms with van der Waals surface area (Å²) in [4.78, 5) is 142. The standard InChI is InChI=1S/C48H46N8O6.C39H43N7O6/c1-61-47(59)53-41(29-11-5-3-6-12-29)45(57)55-23-9-15-39(55)43-49-28-38(52-43)35-20-19-31-25-32(17-18-33(31)26-35)34-21-22-36-37(27-34)51-44(50-36)40-16-10-24-56(40)46(58)42(54-48(60)62-2)30-13-7-4-8-14-30;1-51-36(49)9-3-8-34(47)46-19-5-7-33(46)38-42-29-15-14-27(22-30(29)43-38)25-10-11-26-21-28(13-12-24(26)20-25)31-23-41-37(44-31)32-6-4-18-45(32)35(48)16-17-40-39(50)52-2/h3-8,11-14,17-22,25-28,39-42H,9-10,15-16,23-24H2,1-2H3,(H,49,52)(H,50,51)(H,53,59)(H,54,60);10-15,20-23,32-33H,3-9,16-19H2,1-2H3,(H,40,50)(H,41,44)(H,42,43)/t39-,40-,41-,42-;32-,33-/m00/s1. The maximum Gasteiger partial charge on any atom is 0.407 e. The molecule has 0 radical (unpaired) electrons. The van der Waals surface area contributed by atoms with Gasteiger partial charge in [0.15, 0.2) is 0 Å². The quantitative estimate of drug-likeness (QED) is 0.0260. The van der Waals surface area contributed by atoms with Gasteiger partial charge in [0.25, 0.3) is 11.8 Å². The van der Waals surface area contributed by atoms with Crippen LogP contribution in [0.1, 0.15) is 148 Å². The fraction of sp³-hybridized carbons (Fsp3) is 0.310. The summed E-state index contributed by atoms with van der Waals surface area (Å²) in [6.45, 7) is 2.66. The zero-order valence-corrected chi connectivity index (χ0v) is 63.8. The molecule has 0 spiro atoms. The first-order valence-corrected chi connectivity index (χ1v) is 38.6. The van der Waals surface area contributed by atoms with E-state index >= 15 is 0 Å². The van der Waals surface area contributed by atoms with Crippen molar-refractivity contribution in [3.63, 3.8) is 0 Å². The lowest BCUT2D eigenvalue weighted by Crippen LogP contribution is -2.42. The summed E-state index contributed by atoms with van der Waals surface area (Å²) in [7, 11) is 5.22. The minimum Gasteiger partial charge on any atom is -0.469 e. The molecule has 7 N–H and O–H groups in total. The number of rotatable bonds is 21. The monoisotopic (exact) mass is 1540 g/mol. The molecule has 12 aromatic rings. The number of benzene rings is 8. The molecule has 584 valence electrons. The number of hydrogen-bond donors (Lipinski definition) is 7. The Balaban J connectivity index is 0.000000183. The number of esters is 1. The predicted molar refractivity (Wildman–Crippen MR) is 428 cm³/mol. The lowest BCUT2D eigenvalue weighted by molar-refractivity contribution is -0.141. The first-order chi connectivity index (χ1) is 55.6. The number of nitrogens with zero attached hydrogens (tertiary/aromatic N) is 8. The number of amides is 7. The second-order valence-electron chi connectivity index (χ2n) is 29.1. The normalized spacial score (nSPS) is 17.2. The molecule has 4 aliphatic rings. The van der Waals surface area contributed by atoms with E-state index in [0.29, 0.717) is 61.8 Å². The van der Waals surface area contributed by atoms with E-state index < -0.39 is 30.4 Å². The number of ether oxygens (including phenoxy) is 4. The molecule has 4 aliphatic heterocycles. The molecule has 0 bridgehead atoms. The maximum absolute atomic E-state index is 14.0. The van der Waals surface area contributed by atoms with Crippen LogP contribution in [0.15, 0.2) is 182 Å². The lowest BCUT2D eigenvalue weighted by Gasteiger charge is -2.28. The number of imidazole rings is 4. The van der Waals surface area contributed by atoms with Crippen molar-refractivity contribution in [1.29, 1.82) is 0 Å². The Kier molecular flexibility index (Phi) is 22.8. The topological polar surface area (TPSA) is 337 Å². The van der Waals surface area contributed by atoms with Crippen molar-refractivity contribution < 1.29 is 57.3 Å². The van der Waals surface area contributed by atoms with Crippen LogP contribution in [-0.2, 0) is 42.9 Å². The Hall–Kier alpha value is -13.2. The highest BCUT2D eigenvalue weighted by atomic mass is 16.5. The van der Waals surface area contributed by atoms with Crippen LogP contribution in [0.25, 0.3) is 88.4 Å². The number of aromatic amines is 4. The number of fused-ring (bicyclic) bond motifs is 4. The molecule has 6 atom stereocenters. The summed E-state index contributed by atoms with van der Waals surface area (Å²) < 4.78 is 19.0. The molecule has 0 unspecified atom stereocenters. The van der Waals surface area contributed by atoms with Crippen molar-refractivity contribution in [2.24, 2.45) is 0 Å². The number of carbonyl (C=O) groups excluding carboxylic acids is 8. The Morgan fingerprint density at radius 1 is 0.404 bits per heavy atom. The number of aromatic nitrogens is 8. The van der Waals surface area contributed by atoms with Crippen LogP contribution in [-0.4, -0.2) is 169 Å². The van der Waals surface area contributed by atoms with Crippen LogP contribution in [0.2, 0.25) is 0 Å². The molecule has 7 amide bonds. The van der Waals surface area contributed by atoms with E-state index in [1.165, 1.54) is 28.4 Å². The zero-order valence-electron chi connectivity index (χ0n) is 63.8. The van der Waals surface area contributed by atoms with Gasteiger partial charge in [0.1, 0.15) is 35.4 Å². The Labute approximate surface area is 656 Å².